The van der Waals surface area contributed by atoms with Crippen molar-refractivity contribution in [2.75, 3.05) is 49.6 Å². The fourth-order valence-corrected chi connectivity index (χ4v) is 5.35. The van der Waals surface area contributed by atoms with E-state index in [1.807, 2.05) is 29.2 Å². The van der Waals surface area contributed by atoms with Crippen molar-refractivity contribution in [1.82, 2.24) is 20.4 Å². The molecular weight excluding hydrogens is 414 g/mol. The highest BCUT2D eigenvalue weighted by Crippen LogP contribution is 2.29. The van der Waals surface area contributed by atoms with E-state index in [1.165, 1.54) is 23.1 Å². The second kappa shape index (κ2) is 10.1. The number of piperazine rings is 1. The van der Waals surface area contributed by atoms with Crippen LogP contribution < -0.4 is 10.2 Å². The SMILES string of the molecule is CCSc1ccccc1C(=O)N1CCN(c2nnc(SCC(=O)NC)s2)CC1. The number of nitrogens with zero attached hydrogens (tertiary/aromatic N) is 4. The van der Waals surface area contributed by atoms with E-state index in [0.29, 0.717) is 18.8 Å². The van der Waals surface area contributed by atoms with Crippen LogP contribution in [-0.4, -0.2) is 71.6 Å². The summed E-state index contributed by atoms with van der Waals surface area (Å²) in [6, 6.07) is 7.81. The zero-order valence-electron chi connectivity index (χ0n) is 15.9. The first-order valence-corrected chi connectivity index (χ1v) is 11.8. The van der Waals surface area contributed by atoms with E-state index in [0.717, 1.165) is 38.8 Å². The molecule has 2 heterocycles. The Morgan fingerprint density at radius 1 is 1.14 bits per heavy atom. The fraction of sp³-hybridized carbons (Fsp3) is 0.444. The zero-order valence-corrected chi connectivity index (χ0v) is 18.3. The number of rotatable bonds is 7. The average molecular weight is 438 g/mol. The Balaban J connectivity index is 1.57. The highest BCUT2D eigenvalue weighted by Gasteiger charge is 2.25. The molecule has 28 heavy (non-hydrogen) atoms. The van der Waals surface area contributed by atoms with Gasteiger partial charge < -0.3 is 15.1 Å². The van der Waals surface area contributed by atoms with Gasteiger partial charge >= 0.3 is 0 Å². The molecular formula is C18H23N5O2S3. The quantitative estimate of drug-likeness (QED) is 0.667. The number of thioether (sulfide) groups is 2. The summed E-state index contributed by atoms with van der Waals surface area (Å²) in [6.07, 6.45) is 0. The van der Waals surface area contributed by atoms with Crippen LogP contribution in [0.4, 0.5) is 5.13 Å². The Labute approximate surface area is 177 Å². The van der Waals surface area contributed by atoms with Gasteiger partial charge in [0.2, 0.25) is 11.0 Å². The van der Waals surface area contributed by atoms with Crippen LogP contribution in [-0.2, 0) is 4.79 Å². The monoisotopic (exact) mass is 437 g/mol. The first-order chi connectivity index (χ1) is 13.6. The number of aromatic nitrogens is 2. The van der Waals surface area contributed by atoms with Crippen molar-refractivity contribution >= 4 is 51.8 Å². The molecule has 10 heteroatoms. The Morgan fingerprint density at radius 3 is 2.61 bits per heavy atom. The summed E-state index contributed by atoms with van der Waals surface area (Å²) < 4.78 is 0.780. The number of carbonyl (C=O) groups excluding carboxylic acids is 2. The van der Waals surface area contributed by atoms with Crippen LogP contribution in [0.1, 0.15) is 17.3 Å². The van der Waals surface area contributed by atoms with Crippen molar-refractivity contribution < 1.29 is 9.59 Å². The van der Waals surface area contributed by atoms with E-state index in [4.69, 9.17) is 0 Å². The van der Waals surface area contributed by atoms with Gasteiger partial charge in [-0.1, -0.05) is 42.2 Å². The molecule has 7 nitrogen and oxygen atoms in total. The predicted molar refractivity (Wildman–Crippen MR) is 116 cm³/mol. The third-order valence-corrected chi connectivity index (χ3v) is 7.33. The van der Waals surface area contributed by atoms with Crippen molar-refractivity contribution in [3.8, 4) is 0 Å². The van der Waals surface area contributed by atoms with Gasteiger partial charge in [0, 0.05) is 38.1 Å². The molecule has 0 aliphatic carbocycles. The molecule has 1 aliphatic rings. The van der Waals surface area contributed by atoms with Crippen LogP contribution >= 0.6 is 34.9 Å². The number of amides is 2. The van der Waals surface area contributed by atoms with E-state index in [1.54, 1.807) is 18.8 Å². The number of anilines is 1. The van der Waals surface area contributed by atoms with Crippen LogP contribution in [0.15, 0.2) is 33.5 Å². The maximum Gasteiger partial charge on any atom is 0.255 e. The Kier molecular flexibility index (Phi) is 7.57. The van der Waals surface area contributed by atoms with Crippen molar-refractivity contribution in [3.05, 3.63) is 29.8 Å². The lowest BCUT2D eigenvalue weighted by molar-refractivity contribution is -0.118. The summed E-state index contributed by atoms with van der Waals surface area (Å²) in [6.45, 7) is 4.86. The van der Waals surface area contributed by atoms with Crippen molar-refractivity contribution in [2.24, 2.45) is 0 Å². The van der Waals surface area contributed by atoms with Crippen LogP contribution in [0.25, 0.3) is 0 Å². The Bertz CT molecular complexity index is 821. The summed E-state index contributed by atoms with van der Waals surface area (Å²) in [5.41, 5.74) is 0.784. The highest BCUT2D eigenvalue weighted by atomic mass is 32.2. The number of carbonyl (C=O) groups is 2. The number of hydrogen-bond donors (Lipinski definition) is 1. The van der Waals surface area contributed by atoms with Crippen molar-refractivity contribution in [1.29, 1.82) is 0 Å². The van der Waals surface area contributed by atoms with Gasteiger partial charge in [-0.2, -0.15) is 0 Å². The maximum atomic E-state index is 12.9. The molecule has 2 amide bonds. The summed E-state index contributed by atoms with van der Waals surface area (Å²) in [7, 11) is 1.62. The molecule has 3 rings (SSSR count). The van der Waals surface area contributed by atoms with E-state index >= 15 is 0 Å². The third kappa shape index (κ3) is 5.18. The highest BCUT2D eigenvalue weighted by molar-refractivity contribution is 8.01. The molecule has 0 unspecified atom stereocenters. The molecule has 0 atom stereocenters. The predicted octanol–water partition coefficient (Wildman–Crippen LogP) is 2.45. The van der Waals surface area contributed by atoms with Gasteiger partial charge in [-0.25, -0.2) is 0 Å². The lowest BCUT2D eigenvalue weighted by Crippen LogP contribution is -2.48. The average Bonchev–Trinajstić information content (AvgIpc) is 3.21. The molecule has 1 aromatic heterocycles. The summed E-state index contributed by atoms with van der Waals surface area (Å²) in [5.74, 6) is 1.34. The second-order valence-corrected chi connectivity index (χ2v) is 9.51. The topological polar surface area (TPSA) is 78.4 Å². The number of benzene rings is 1. The van der Waals surface area contributed by atoms with Gasteiger partial charge in [0.1, 0.15) is 0 Å². The summed E-state index contributed by atoms with van der Waals surface area (Å²) in [5, 5.41) is 11.8. The van der Waals surface area contributed by atoms with E-state index in [9.17, 15) is 9.59 Å². The molecule has 0 saturated carbocycles. The molecule has 1 fully saturated rings. The van der Waals surface area contributed by atoms with Crippen molar-refractivity contribution in [3.63, 3.8) is 0 Å². The molecule has 150 valence electrons. The lowest BCUT2D eigenvalue weighted by atomic mass is 10.2. The molecule has 1 N–H and O–H groups in total. The minimum absolute atomic E-state index is 0.0320. The van der Waals surface area contributed by atoms with Crippen LogP contribution in [0, 0.1) is 0 Å². The van der Waals surface area contributed by atoms with Gasteiger partial charge in [-0.05, 0) is 17.9 Å². The summed E-state index contributed by atoms with van der Waals surface area (Å²) >= 11 is 4.57. The maximum absolute atomic E-state index is 12.9. The number of hydrogen-bond acceptors (Lipinski definition) is 8. The molecule has 0 spiro atoms. The molecule has 1 aromatic carbocycles. The van der Waals surface area contributed by atoms with E-state index in [-0.39, 0.29) is 11.8 Å². The molecule has 1 saturated heterocycles. The first-order valence-electron chi connectivity index (χ1n) is 9.05. The van der Waals surface area contributed by atoms with Crippen LogP contribution in [0.5, 0.6) is 0 Å². The largest absolute Gasteiger partial charge is 0.358 e. The van der Waals surface area contributed by atoms with Crippen LogP contribution in [0.2, 0.25) is 0 Å². The molecule has 0 bridgehead atoms. The minimum Gasteiger partial charge on any atom is -0.358 e. The lowest BCUT2D eigenvalue weighted by Gasteiger charge is -2.34. The third-order valence-electron chi connectivity index (χ3n) is 4.26. The second-order valence-electron chi connectivity index (χ2n) is 6.02. The van der Waals surface area contributed by atoms with Gasteiger partial charge in [-0.3, -0.25) is 9.59 Å². The fourth-order valence-electron chi connectivity index (χ4n) is 2.78. The Morgan fingerprint density at radius 2 is 1.89 bits per heavy atom. The standard InChI is InChI=1S/C18H23N5O2S3/c1-3-26-14-7-5-4-6-13(14)16(25)22-8-10-23(11-9-22)17-20-21-18(28-17)27-12-15(24)19-2/h4-7H,3,8-12H2,1-2H3,(H,19,24). The number of nitrogens with one attached hydrogen (secondary N) is 1. The van der Waals surface area contributed by atoms with Gasteiger partial charge in [0.15, 0.2) is 4.34 Å². The van der Waals surface area contributed by atoms with E-state index < -0.39 is 0 Å². The van der Waals surface area contributed by atoms with Gasteiger partial charge in [-0.15, -0.1) is 22.0 Å². The molecule has 0 radical (unpaired) electrons. The smallest absolute Gasteiger partial charge is 0.255 e. The molecule has 1 aliphatic heterocycles. The normalized spacial score (nSPS) is 14.2. The molecule has 2 aromatic rings. The summed E-state index contributed by atoms with van der Waals surface area (Å²) in [4.78, 5) is 29.4. The van der Waals surface area contributed by atoms with Gasteiger partial charge in [0.05, 0.1) is 11.3 Å². The first kappa shape index (κ1) is 20.9. The van der Waals surface area contributed by atoms with Crippen molar-refractivity contribution in [2.45, 2.75) is 16.2 Å². The zero-order chi connectivity index (χ0) is 19.9. The Hall–Kier alpha value is -1.78. The van der Waals surface area contributed by atoms with E-state index in [2.05, 4.69) is 27.3 Å². The van der Waals surface area contributed by atoms with Crippen LogP contribution in [0.3, 0.4) is 0 Å². The minimum atomic E-state index is -0.0320. The van der Waals surface area contributed by atoms with Gasteiger partial charge in [0.25, 0.3) is 5.91 Å².